The van der Waals surface area contributed by atoms with Crippen LogP contribution in [0.3, 0.4) is 0 Å². The van der Waals surface area contributed by atoms with Gasteiger partial charge in [0.05, 0.1) is 0 Å². The number of para-hydroxylation sites is 1. The molecule has 2 aromatic carbocycles. The van der Waals surface area contributed by atoms with Crippen molar-refractivity contribution in [2.45, 2.75) is 13.8 Å². The standard InChI is InChI=1S/C18H19NO/c1-14(2)18(20)13-17(15-9-5-3-6-10-15)19-16-11-7-4-8-12-16/h3-14,19H,1-2H3/b17-13+. The van der Waals surface area contributed by atoms with Gasteiger partial charge < -0.3 is 5.32 Å². The Morgan fingerprint density at radius 2 is 1.50 bits per heavy atom. The van der Waals surface area contributed by atoms with Crippen LogP contribution in [-0.2, 0) is 4.79 Å². The first-order valence-corrected chi connectivity index (χ1v) is 6.80. The summed E-state index contributed by atoms with van der Waals surface area (Å²) in [5, 5.41) is 3.32. The second-order valence-electron chi connectivity index (χ2n) is 4.97. The van der Waals surface area contributed by atoms with Crippen molar-refractivity contribution in [3.63, 3.8) is 0 Å². The number of anilines is 1. The third-order valence-electron chi connectivity index (χ3n) is 2.99. The number of allylic oxidation sites excluding steroid dienone is 1. The molecule has 0 fully saturated rings. The van der Waals surface area contributed by atoms with Gasteiger partial charge >= 0.3 is 0 Å². The highest BCUT2D eigenvalue weighted by Crippen LogP contribution is 2.19. The molecule has 0 aliphatic rings. The van der Waals surface area contributed by atoms with Crippen molar-refractivity contribution in [3.8, 4) is 0 Å². The number of ketones is 1. The van der Waals surface area contributed by atoms with Crippen molar-refractivity contribution in [1.82, 2.24) is 0 Å². The first-order chi connectivity index (χ1) is 9.66. The van der Waals surface area contributed by atoms with Crippen LogP contribution in [0.5, 0.6) is 0 Å². The molecule has 0 amide bonds. The van der Waals surface area contributed by atoms with Gasteiger partial charge in [0.15, 0.2) is 5.78 Å². The minimum absolute atomic E-state index is 0.00807. The molecular weight excluding hydrogens is 246 g/mol. The fourth-order valence-electron chi connectivity index (χ4n) is 1.80. The number of hydrogen-bond donors (Lipinski definition) is 1. The summed E-state index contributed by atoms with van der Waals surface area (Å²) in [6.07, 6.45) is 1.69. The van der Waals surface area contributed by atoms with Gasteiger partial charge in [0.1, 0.15) is 0 Å². The lowest BCUT2D eigenvalue weighted by molar-refractivity contribution is -0.117. The van der Waals surface area contributed by atoms with E-state index in [0.717, 1.165) is 16.9 Å². The molecule has 0 atom stereocenters. The van der Waals surface area contributed by atoms with Crippen molar-refractivity contribution < 1.29 is 4.79 Å². The smallest absolute Gasteiger partial charge is 0.160 e. The second kappa shape index (κ2) is 6.71. The first kappa shape index (κ1) is 14.1. The van der Waals surface area contributed by atoms with E-state index in [2.05, 4.69) is 5.32 Å². The first-order valence-electron chi connectivity index (χ1n) is 6.80. The van der Waals surface area contributed by atoms with E-state index in [9.17, 15) is 4.79 Å². The van der Waals surface area contributed by atoms with Gasteiger partial charge in [0.25, 0.3) is 0 Å². The highest BCUT2D eigenvalue weighted by Gasteiger charge is 2.08. The molecule has 0 bridgehead atoms. The predicted octanol–water partition coefficient (Wildman–Crippen LogP) is 4.36. The summed E-state index contributed by atoms with van der Waals surface area (Å²) in [5.41, 5.74) is 2.81. The molecule has 0 saturated carbocycles. The number of benzene rings is 2. The Balaban J connectivity index is 2.32. The Morgan fingerprint density at radius 1 is 0.950 bits per heavy atom. The van der Waals surface area contributed by atoms with E-state index in [-0.39, 0.29) is 11.7 Å². The largest absolute Gasteiger partial charge is 0.355 e. The average molecular weight is 265 g/mol. The fourth-order valence-corrected chi connectivity index (χ4v) is 1.80. The molecule has 2 rings (SSSR count). The summed E-state index contributed by atoms with van der Waals surface area (Å²) in [7, 11) is 0. The van der Waals surface area contributed by atoms with Crippen LogP contribution in [0.2, 0.25) is 0 Å². The Kier molecular flexibility index (Phi) is 4.72. The van der Waals surface area contributed by atoms with Gasteiger partial charge in [-0.25, -0.2) is 0 Å². The molecule has 20 heavy (non-hydrogen) atoms. The molecule has 0 radical (unpaired) electrons. The number of carbonyl (C=O) groups excluding carboxylic acids is 1. The van der Waals surface area contributed by atoms with Crippen molar-refractivity contribution in [1.29, 1.82) is 0 Å². The maximum Gasteiger partial charge on any atom is 0.160 e. The summed E-state index contributed by atoms with van der Waals surface area (Å²) in [6, 6.07) is 19.8. The van der Waals surface area contributed by atoms with E-state index in [0.29, 0.717) is 0 Å². The van der Waals surface area contributed by atoms with E-state index in [1.165, 1.54) is 0 Å². The van der Waals surface area contributed by atoms with Crippen molar-refractivity contribution in [2.75, 3.05) is 5.32 Å². The third kappa shape index (κ3) is 3.82. The molecule has 0 aliphatic carbocycles. The van der Waals surface area contributed by atoms with Crippen LogP contribution in [-0.4, -0.2) is 5.78 Å². The van der Waals surface area contributed by atoms with Crippen LogP contribution in [0.1, 0.15) is 19.4 Å². The van der Waals surface area contributed by atoms with Crippen LogP contribution < -0.4 is 5.32 Å². The van der Waals surface area contributed by atoms with Gasteiger partial charge in [-0.3, -0.25) is 4.79 Å². The second-order valence-corrected chi connectivity index (χ2v) is 4.97. The molecule has 1 N–H and O–H groups in total. The molecule has 0 aromatic heterocycles. The number of hydrogen-bond acceptors (Lipinski definition) is 2. The molecule has 0 spiro atoms. The molecule has 2 heteroatoms. The predicted molar refractivity (Wildman–Crippen MR) is 84.3 cm³/mol. The fraction of sp³-hybridized carbons (Fsp3) is 0.167. The Morgan fingerprint density at radius 3 is 2.05 bits per heavy atom. The van der Waals surface area contributed by atoms with Crippen molar-refractivity contribution in [3.05, 3.63) is 72.3 Å². The molecule has 0 aliphatic heterocycles. The van der Waals surface area contributed by atoms with Crippen LogP contribution >= 0.6 is 0 Å². The molecule has 102 valence electrons. The zero-order valence-corrected chi connectivity index (χ0v) is 11.8. The molecule has 0 heterocycles. The van der Waals surface area contributed by atoms with E-state index in [1.54, 1.807) is 6.08 Å². The minimum atomic E-state index is -0.00807. The van der Waals surface area contributed by atoms with Gasteiger partial charge in [-0.05, 0) is 17.7 Å². The lowest BCUT2D eigenvalue weighted by Crippen LogP contribution is -2.07. The third-order valence-corrected chi connectivity index (χ3v) is 2.99. The number of nitrogens with one attached hydrogen (secondary N) is 1. The number of rotatable bonds is 5. The van der Waals surface area contributed by atoms with Crippen LogP contribution in [0.4, 0.5) is 5.69 Å². The Labute approximate surface area is 120 Å². The summed E-state index contributed by atoms with van der Waals surface area (Å²) in [5.74, 6) is 0.110. The Hall–Kier alpha value is -2.35. The Bertz CT molecular complexity index is 585. The topological polar surface area (TPSA) is 29.1 Å². The van der Waals surface area contributed by atoms with E-state index >= 15 is 0 Å². The monoisotopic (exact) mass is 265 g/mol. The van der Waals surface area contributed by atoms with E-state index < -0.39 is 0 Å². The van der Waals surface area contributed by atoms with E-state index in [4.69, 9.17) is 0 Å². The van der Waals surface area contributed by atoms with Crippen LogP contribution in [0.15, 0.2) is 66.7 Å². The molecule has 0 unspecified atom stereocenters. The van der Waals surface area contributed by atoms with Gasteiger partial charge in [0, 0.05) is 23.4 Å². The minimum Gasteiger partial charge on any atom is -0.355 e. The number of carbonyl (C=O) groups is 1. The SMILES string of the molecule is CC(C)C(=O)/C=C(/Nc1ccccc1)c1ccccc1. The molecule has 0 saturated heterocycles. The average Bonchev–Trinajstić information content (AvgIpc) is 2.48. The maximum absolute atomic E-state index is 12.0. The highest BCUT2D eigenvalue weighted by molar-refractivity contribution is 5.99. The summed E-state index contributed by atoms with van der Waals surface area (Å²) in [6.45, 7) is 3.81. The molecule has 2 nitrogen and oxygen atoms in total. The highest BCUT2D eigenvalue weighted by atomic mass is 16.1. The van der Waals surface area contributed by atoms with Gasteiger partial charge in [-0.2, -0.15) is 0 Å². The molecular formula is C18H19NO. The van der Waals surface area contributed by atoms with Crippen LogP contribution in [0.25, 0.3) is 5.70 Å². The quantitative estimate of drug-likeness (QED) is 0.814. The summed E-state index contributed by atoms with van der Waals surface area (Å²) < 4.78 is 0. The lowest BCUT2D eigenvalue weighted by atomic mass is 10.0. The van der Waals surface area contributed by atoms with Gasteiger partial charge in [-0.15, -0.1) is 0 Å². The molecule has 2 aromatic rings. The van der Waals surface area contributed by atoms with Gasteiger partial charge in [-0.1, -0.05) is 62.4 Å². The zero-order valence-electron chi connectivity index (χ0n) is 11.8. The normalized spacial score (nSPS) is 11.4. The summed E-state index contributed by atoms with van der Waals surface area (Å²) >= 11 is 0. The van der Waals surface area contributed by atoms with Crippen molar-refractivity contribution in [2.24, 2.45) is 5.92 Å². The summed E-state index contributed by atoms with van der Waals surface area (Å²) in [4.78, 5) is 12.0. The van der Waals surface area contributed by atoms with Crippen LogP contribution in [0, 0.1) is 5.92 Å². The van der Waals surface area contributed by atoms with E-state index in [1.807, 2.05) is 74.5 Å². The van der Waals surface area contributed by atoms with Crippen molar-refractivity contribution >= 4 is 17.2 Å². The lowest BCUT2D eigenvalue weighted by Gasteiger charge is -2.12. The maximum atomic E-state index is 12.0. The van der Waals surface area contributed by atoms with Gasteiger partial charge in [0.2, 0.25) is 0 Å². The zero-order chi connectivity index (χ0) is 14.4.